The van der Waals surface area contributed by atoms with Gasteiger partial charge in [0.05, 0.1) is 18.2 Å². The van der Waals surface area contributed by atoms with Gasteiger partial charge in [-0.1, -0.05) is 6.07 Å². The van der Waals surface area contributed by atoms with Crippen LogP contribution in [0.4, 0.5) is 0 Å². The Morgan fingerprint density at radius 3 is 3.19 bits per heavy atom. The summed E-state index contributed by atoms with van der Waals surface area (Å²) >= 11 is 0. The summed E-state index contributed by atoms with van der Waals surface area (Å²) in [6.07, 6.45) is 1.70. The van der Waals surface area contributed by atoms with Crippen LogP contribution in [0, 0.1) is 0 Å². The third-order valence-corrected chi connectivity index (χ3v) is 2.35. The van der Waals surface area contributed by atoms with Gasteiger partial charge in [-0.15, -0.1) is 0 Å². The maximum Gasteiger partial charge on any atom is 0.355 e. The number of nitrogens with one attached hydrogen (secondary N) is 1. The first-order valence-corrected chi connectivity index (χ1v) is 5.21. The fourth-order valence-corrected chi connectivity index (χ4v) is 1.62. The van der Waals surface area contributed by atoms with Gasteiger partial charge in [-0.25, -0.2) is 4.79 Å². The molecule has 0 aromatic carbocycles. The SMILES string of the molecule is CCOC(=O)C1=NNC[C@@H]1c1ccccn1. The lowest BCUT2D eigenvalue weighted by molar-refractivity contribution is -0.135. The van der Waals surface area contributed by atoms with E-state index in [1.54, 1.807) is 13.1 Å². The second kappa shape index (κ2) is 4.74. The van der Waals surface area contributed by atoms with Crippen molar-refractivity contribution in [2.75, 3.05) is 13.2 Å². The molecule has 5 nitrogen and oxygen atoms in total. The highest BCUT2D eigenvalue weighted by Gasteiger charge is 2.30. The molecule has 0 saturated heterocycles. The van der Waals surface area contributed by atoms with Crippen molar-refractivity contribution in [1.29, 1.82) is 0 Å². The van der Waals surface area contributed by atoms with Crippen LogP contribution in [0.3, 0.4) is 0 Å². The van der Waals surface area contributed by atoms with Crippen molar-refractivity contribution >= 4 is 11.7 Å². The van der Waals surface area contributed by atoms with Crippen LogP contribution in [-0.2, 0) is 9.53 Å². The second-order valence-corrected chi connectivity index (χ2v) is 3.39. The Morgan fingerprint density at radius 1 is 1.62 bits per heavy atom. The number of pyridine rings is 1. The summed E-state index contributed by atoms with van der Waals surface area (Å²) in [5.41, 5.74) is 4.04. The van der Waals surface area contributed by atoms with Gasteiger partial charge in [0.25, 0.3) is 0 Å². The molecule has 0 unspecified atom stereocenters. The topological polar surface area (TPSA) is 63.6 Å². The molecule has 0 bridgehead atoms. The molecule has 0 saturated carbocycles. The van der Waals surface area contributed by atoms with Gasteiger partial charge in [0, 0.05) is 12.7 Å². The molecule has 1 aliphatic heterocycles. The molecular weight excluding hydrogens is 206 g/mol. The van der Waals surface area contributed by atoms with Crippen molar-refractivity contribution in [3.05, 3.63) is 30.1 Å². The van der Waals surface area contributed by atoms with Crippen molar-refractivity contribution in [2.45, 2.75) is 12.8 Å². The molecule has 16 heavy (non-hydrogen) atoms. The van der Waals surface area contributed by atoms with E-state index in [2.05, 4.69) is 15.5 Å². The van der Waals surface area contributed by atoms with Crippen molar-refractivity contribution in [3.63, 3.8) is 0 Å². The van der Waals surface area contributed by atoms with Crippen LogP contribution in [0.1, 0.15) is 18.5 Å². The van der Waals surface area contributed by atoms with Gasteiger partial charge < -0.3 is 10.2 Å². The number of esters is 1. The smallest absolute Gasteiger partial charge is 0.355 e. The van der Waals surface area contributed by atoms with Crippen molar-refractivity contribution < 1.29 is 9.53 Å². The lowest BCUT2D eigenvalue weighted by Crippen LogP contribution is -2.24. The van der Waals surface area contributed by atoms with E-state index in [0.29, 0.717) is 18.9 Å². The molecule has 2 heterocycles. The Balaban J connectivity index is 2.18. The first-order valence-electron chi connectivity index (χ1n) is 5.21. The molecule has 84 valence electrons. The second-order valence-electron chi connectivity index (χ2n) is 3.39. The molecule has 1 aliphatic rings. The molecule has 1 N–H and O–H groups in total. The van der Waals surface area contributed by atoms with Gasteiger partial charge in [0.15, 0.2) is 5.71 Å². The molecular formula is C11H13N3O2. The number of carbonyl (C=O) groups excluding carboxylic acids is 1. The van der Waals surface area contributed by atoms with E-state index < -0.39 is 0 Å². The van der Waals surface area contributed by atoms with E-state index in [1.165, 1.54) is 0 Å². The van der Waals surface area contributed by atoms with Crippen molar-refractivity contribution in [2.24, 2.45) is 5.10 Å². The molecule has 1 aromatic heterocycles. The standard InChI is InChI=1S/C11H13N3O2/c1-2-16-11(15)10-8(7-13-14-10)9-5-3-4-6-12-9/h3-6,8,13H,2,7H2,1H3/t8-/m1/s1. The maximum atomic E-state index is 11.6. The van der Waals surface area contributed by atoms with Crippen LogP contribution in [0.15, 0.2) is 29.5 Å². The van der Waals surface area contributed by atoms with Crippen LogP contribution >= 0.6 is 0 Å². The maximum absolute atomic E-state index is 11.6. The minimum Gasteiger partial charge on any atom is -0.461 e. The predicted octanol–water partition coefficient (Wildman–Crippen LogP) is 0.688. The summed E-state index contributed by atoms with van der Waals surface area (Å²) in [7, 11) is 0. The normalized spacial score (nSPS) is 18.8. The van der Waals surface area contributed by atoms with Gasteiger partial charge in [-0.2, -0.15) is 5.10 Å². The number of carbonyl (C=O) groups is 1. The van der Waals surface area contributed by atoms with Crippen LogP contribution in [0.2, 0.25) is 0 Å². The fourth-order valence-electron chi connectivity index (χ4n) is 1.62. The summed E-state index contributed by atoms with van der Waals surface area (Å²) in [5, 5.41) is 3.96. The number of hydrogen-bond acceptors (Lipinski definition) is 5. The van der Waals surface area contributed by atoms with E-state index in [9.17, 15) is 4.79 Å². The number of aromatic nitrogens is 1. The Labute approximate surface area is 93.5 Å². The van der Waals surface area contributed by atoms with E-state index in [1.807, 2.05) is 18.2 Å². The molecule has 1 atom stereocenters. The average molecular weight is 219 g/mol. The predicted molar refractivity (Wildman–Crippen MR) is 59.0 cm³/mol. The first kappa shape index (κ1) is 10.6. The number of ether oxygens (including phenoxy) is 1. The van der Waals surface area contributed by atoms with Crippen LogP contribution < -0.4 is 5.43 Å². The monoisotopic (exact) mass is 219 g/mol. The van der Waals surface area contributed by atoms with Crippen LogP contribution in [-0.4, -0.2) is 29.8 Å². The zero-order chi connectivity index (χ0) is 11.4. The van der Waals surface area contributed by atoms with E-state index >= 15 is 0 Å². The van der Waals surface area contributed by atoms with E-state index in [-0.39, 0.29) is 11.9 Å². The Hall–Kier alpha value is -1.91. The summed E-state index contributed by atoms with van der Waals surface area (Å²) in [6.45, 7) is 2.72. The van der Waals surface area contributed by atoms with Crippen molar-refractivity contribution in [1.82, 2.24) is 10.4 Å². The zero-order valence-corrected chi connectivity index (χ0v) is 9.01. The molecule has 1 aromatic rings. The average Bonchev–Trinajstić information content (AvgIpc) is 2.79. The first-order chi connectivity index (χ1) is 7.83. The van der Waals surface area contributed by atoms with Gasteiger partial charge in [0.1, 0.15) is 0 Å². The lowest BCUT2D eigenvalue weighted by Gasteiger charge is -2.09. The minimum absolute atomic E-state index is 0.111. The summed E-state index contributed by atoms with van der Waals surface area (Å²) in [4.78, 5) is 15.8. The lowest BCUT2D eigenvalue weighted by atomic mass is 10.00. The molecule has 5 heteroatoms. The zero-order valence-electron chi connectivity index (χ0n) is 9.01. The summed E-state index contributed by atoms with van der Waals surface area (Å²) < 4.78 is 4.94. The quantitative estimate of drug-likeness (QED) is 0.759. The minimum atomic E-state index is -0.372. The molecule has 2 rings (SSSR count). The number of rotatable bonds is 3. The van der Waals surface area contributed by atoms with Crippen molar-refractivity contribution in [3.8, 4) is 0 Å². The summed E-state index contributed by atoms with van der Waals surface area (Å²) in [5.74, 6) is -0.483. The molecule has 0 radical (unpaired) electrons. The number of hydrogen-bond donors (Lipinski definition) is 1. The Kier molecular flexibility index (Phi) is 3.14. The van der Waals surface area contributed by atoms with Crippen LogP contribution in [0.5, 0.6) is 0 Å². The van der Waals surface area contributed by atoms with E-state index in [4.69, 9.17) is 4.74 Å². The number of hydrazone groups is 1. The Morgan fingerprint density at radius 2 is 2.50 bits per heavy atom. The van der Waals surface area contributed by atoms with Gasteiger partial charge >= 0.3 is 5.97 Å². The fraction of sp³-hybridized carbons (Fsp3) is 0.364. The van der Waals surface area contributed by atoms with Crippen LogP contribution in [0.25, 0.3) is 0 Å². The third-order valence-electron chi connectivity index (χ3n) is 2.35. The highest BCUT2D eigenvalue weighted by molar-refractivity contribution is 6.39. The van der Waals surface area contributed by atoms with E-state index in [0.717, 1.165) is 5.69 Å². The summed E-state index contributed by atoms with van der Waals surface area (Å²) in [6, 6.07) is 5.61. The highest BCUT2D eigenvalue weighted by Crippen LogP contribution is 2.18. The largest absolute Gasteiger partial charge is 0.461 e. The highest BCUT2D eigenvalue weighted by atomic mass is 16.5. The molecule has 0 aliphatic carbocycles. The van der Waals surface area contributed by atoms with Gasteiger partial charge in [0.2, 0.25) is 0 Å². The number of nitrogens with zero attached hydrogens (tertiary/aromatic N) is 2. The molecule has 0 spiro atoms. The molecule has 0 fully saturated rings. The Bertz CT molecular complexity index is 403. The third kappa shape index (κ3) is 2.03. The van der Waals surface area contributed by atoms with Gasteiger partial charge in [-0.3, -0.25) is 4.98 Å². The molecule has 0 amide bonds. The van der Waals surface area contributed by atoms with Gasteiger partial charge in [-0.05, 0) is 19.1 Å².